The van der Waals surface area contributed by atoms with Crippen LogP contribution in [0.15, 0.2) is 48.5 Å². The van der Waals surface area contributed by atoms with Crippen LogP contribution in [0, 0.1) is 0 Å². The summed E-state index contributed by atoms with van der Waals surface area (Å²) in [4.78, 5) is 21.7. The largest absolute Gasteiger partial charge is 0.363 e. The molecule has 0 unspecified atom stereocenters. The van der Waals surface area contributed by atoms with Gasteiger partial charge >= 0.3 is 0 Å². The summed E-state index contributed by atoms with van der Waals surface area (Å²) in [6.07, 6.45) is 5.27. The molecule has 0 radical (unpaired) electrons. The molecule has 3 rings (SSSR count). The quantitative estimate of drug-likeness (QED) is 0.833. The summed E-state index contributed by atoms with van der Waals surface area (Å²) in [5.41, 5.74) is 1.89. The number of hydrogen-bond donors (Lipinski definition) is 0. The number of aryl methyl sites for hydroxylation is 1. The van der Waals surface area contributed by atoms with E-state index in [0.717, 1.165) is 49.3 Å². The SMILES string of the molecule is CN(C)c1cccc(CC[C@H]2CCCCN2C(=O)c2ccccc2)n1. The Labute approximate surface area is 150 Å². The number of amides is 1. The van der Waals surface area contributed by atoms with Crippen LogP contribution in [0.4, 0.5) is 5.82 Å². The number of carbonyl (C=O) groups is 1. The molecular weight excluding hydrogens is 310 g/mol. The molecule has 0 spiro atoms. The van der Waals surface area contributed by atoms with Gasteiger partial charge in [0.05, 0.1) is 0 Å². The summed E-state index contributed by atoms with van der Waals surface area (Å²) in [6.45, 7) is 0.865. The Morgan fingerprint density at radius 1 is 1.12 bits per heavy atom. The van der Waals surface area contributed by atoms with Gasteiger partial charge in [-0.25, -0.2) is 4.98 Å². The zero-order valence-corrected chi connectivity index (χ0v) is 15.2. The first kappa shape index (κ1) is 17.5. The predicted octanol–water partition coefficient (Wildman–Crippen LogP) is 3.78. The van der Waals surface area contributed by atoms with Gasteiger partial charge in [0, 0.05) is 37.9 Å². The number of pyridine rings is 1. The minimum Gasteiger partial charge on any atom is -0.363 e. The highest BCUT2D eigenvalue weighted by molar-refractivity contribution is 5.94. The Kier molecular flexibility index (Phi) is 5.69. The minimum absolute atomic E-state index is 0.167. The Bertz CT molecular complexity index is 699. The van der Waals surface area contributed by atoms with Gasteiger partial charge in [0.15, 0.2) is 0 Å². The number of rotatable bonds is 5. The molecule has 1 amide bonds. The zero-order valence-electron chi connectivity index (χ0n) is 15.2. The molecule has 1 aliphatic rings. The van der Waals surface area contributed by atoms with Gasteiger partial charge in [-0.3, -0.25) is 4.79 Å². The van der Waals surface area contributed by atoms with Crippen molar-refractivity contribution in [2.75, 3.05) is 25.5 Å². The van der Waals surface area contributed by atoms with Crippen LogP contribution in [-0.2, 0) is 6.42 Å². The maximum atomic E-state index is 12.9. The summed E-state index contributed by atoms with van der Waals surface area (Å²) < 4.78 is 0. The zero-order chi connectivity index (χ0) is 17.6. The van der Waals surface area contributed by atoms with Gasteiger partial charge in [-0.2, -0.15) is 0 Å². The lowest BCUT2D eigenvalue weighted by molar-refractivity contribution is 0.0601. The van der Waals surface area contributed by atoms with Crippen LogP contribution in [0.3, 0.4) is 0 Å². The lowest BCUT2D eigenvalue weighted by Gasteiger charge is -2.36. The van der Waals surface area contributed by atoms with Crippen molar-refractivity contribution in [2.45, 2.75) is 38.1 Å². The van der Waals surface area contributed by atoms with E-state index in [1.54, 1.807) is 0 Å². The Morgan fingerprint density at radius 3 is 2.68 bits per heavy atom. The van der Waals surface area contributed by atoms with Crippen molar-refractivity contribution in [3.8, 4) is 0 Å². The van der Waals surface area contributed by atoms with Gasteiger partial charge < -0.3 is 9.80 Å². The highest BCUT2D eigenvalue weighted by Crippen LogP contribution is 2.23. The van der Waals surface area contributed by atoms with Crippen molar-refractivity contribution < 1.29 is 4.79 Å². The summed E-state index contributed by atoms with van der Waals surface area (Å²) in [6, 6.07) is 16.1. The first-order valence-corrected chi connectivity index (χ1v) is 9.14. The van der Waals surface area contributed by atoms with Crippen molar-refractivity contribution in [3.05, 3.63) is 59.8 Å². The Hall–Kier alpha value is -2.36. The van der Waals surface area contributed by atoms with E-state index in [1.165, 1.54) is 6.42 Å². The van der Waals surface area contributed by atoms with Crippen LogP contribution in [0.2, 0.25) is 0 Å². The summed E-state index contributed by atoms with van der Waals surface area (Å²) in [5.74, 6) is 1.15. The van der Waals surface area contributed by atoms with Crippen LogP contribution >= 0.6 is 0 Å². The number of hydrogen-bond acceptors (Lipinski definition) is 3. The summed E-state index contributed by atoms with van der Waals surface area (Å²) >= 11 is 0. The molecule has 0 N–H and O–H groups in total. The molecule has 4 nitrogen and oxygen atoms in total. The van der Waals surface area contributed by atoms with Crippen molar-refractivity contribution >= 4 is 11.7 Å². The van der Waals surface area contributed by atoms with Crippen LogP contribution in [-0.4, -0.2) is 42.5 Å². The van der Waals surface area contributed by atoms with Gasteiger partial charge in [0.1, 0.15) is 5.82 Å². The van der Waals surface area contributed by atoms with Crippen LogP contribution in [0.1, 0.15) is 41.7 Å². The second-order valence-corrected chi connectivity index (χ2v) is 6.93. The van der Waals surface area contributed by atoms with Gasteiger partial charge in [-0.1, -0.05) is 24.3 Å². The van der Waals surface area contributed by atoms with E-state index in [1.807, 2.05) is 55.4 Å². The number of nitrogens with zero attached hydrogens (tertiary/aromatic N) is 3. The minimum atomic E-state index is 0.167. The fourth-order valence-corrected chi connectivity index (χ4v) is 3.48. The fourth-order valence-electron chi connectivity index (χ4n) is 3.48. The third-order valence-corrected chi connectivity index (χ3v) is 4.89. The molecule has 1 saturated heterocycles. The number of likely N-dealkylation sites (tertiary alicyclic amines) is 1. The number of benzene rings is 1. The van der Waals surface area contributed by atoms with Crippen LogP contribution in [0.25, 0.3) is 0 Å². The van der Waals surface area contributed by atoms with Gasteiger partial charge in [0.25, 0.3) is 5.91 Å². The number of anilines is 1. The van der Waals surface area contributed by atoms with E-state index in [-0.39, 0.29) is 5.91 Å². The molecule has 132 valence electrons. The maximum Gasteiger partial charge on any atom is 0.254 e. The average Bonchev–Trinajstić information content (AvgIpc) is 2.67. The molecule has 2 aromatic rings. The molecule has 1 atom stereocenters. The molecule has 1 aliphatic heterocycles. The lowest BCUT2D eigenvalue weighted by Crippen LogP contribution is -2.44. The molecule has 0 saturated carbocycles. The summed E-state index contributed by atoms with van der Waals surface area (Å²) in [7, 11) is 4.01. The molecule has 1 fully saturated rings. The standard InChI is InChI=1S/C21H27N3O/c1-23(2)20-13-8-11-18(22-20)14-15-19-12-6-7-16-24(19)21(25)17-9-4-3-5-10-17/h3-5,8-11,13,19H,6-7,12,14-16H2,1-2H3/t19-/m1/s1. The second-order valence-electron chi connectivity index (χ2n) is 6.93. The van der Waals surface area contributed by atoms with Gasteiger partial charge in [-0.15, -0.1) is 0 Å². The van der Waals surface area contributed by atoms with Crippen LogP contribution < -0.4 is 4.90 Å². The number of piperidine rings is 1. The van der Waals surface area contributed by atoms with Gasteiger partial charge in [-0.05, 0) is 56.4 Å². The molecule has 4 heteroatoms. The molecule has 1 aromatic carbocycles. The monoisotopic (exact) mass is 337 g/mol. The van der Waals surface area contributed by atoms with E-state index in [0.29, 0.717) is 6.04 Å². The highest BCUT2D eigenvalue weighted by atomic mass is 16.2. The van der Waals surface area contributed by atoms with Crippen molar-refractivity contribution in [1.82, 2.24) is 9.88 Å². The number of carbonyl (C=O) groups excluding carboxylic acids is 1. The fraction of sp³-hybridized carbons (Fsp3) is 0.429. The van der Waals surface area contributed by atoms with E-state index in [2.05, 4.69) is 17.0 Å². The lowest BCUT2D eigenvalue weighted by atomic mass is 9.96. The smallest absolute Gasteiger partial charge is 0.254 e. The first-order chi connectivity index (χ1) is 12.1. The third kappa shape index (κ3) is 4.38. The summed E-state index contributed by atoms with van der Waals surface area (Å²) in [5, 5.41) is 0. The normalized spacial score (nSPS) is 17.4. The van der Waals surface area contributed by atoms with Crippen molar-refractivity contribution in [3.63, 3.8) is 0 Å². The topological polar surface area (TPSA) is 36.4 Å². The predicted molar refractivity (Wildman–Crippen MR) is 102 cm³/mol. The van der Waals surface area contributed by atoms with E-state index >= 15 is 0 Å². The van der Waals surface area contributed by atoms with Gasteiger partial charge in [0.2, 0.25) is 0 Å². The van der Waals surface area contributed by atoms with Crippen LogP contribution in [0.5, 0.6) is 0 Å². The van der Waals surface area contributed by atoms with Crippen molar-refractivity contribution in [2.24, 2.45) is 0 Å². The molecular formula is C21H27N3O. The van der Waals surface area contributed by atoms with E-state index in [9.17, 15) is 4.79 Å². The second kappa shape index (κ2) is 8.15. The van der Waals surface area contributed by atoms with E-state index < -0.39 is 0 Å². The Morgan fingerprint density at radius 2 is 1.92 bits per heavy atom. The molecule has 0 bridgehead atoms. The maximum absolute atomic E-state index is 12.9. The third-order valence-electron chi connectivity index (χ3n) is 4.89. The molecule has 2 heterocycles. The first-order valence-electron chi connectivity index (χ1n) is 9.14. The average molecular weight is 337 g/mol. The Balaban J connectivity index is 1.67. The van der Waals surface area contributed by atoms with E-state index in [4.69, 9.17) is 4.98 Å². The molecule has 0 aliphatic carbocycles. The molecule has 1 aromatic heterocycles. The molecule has 25 heavy (non-hydrogen) atoms. The highest BCUT2D eigenvalue weighted by Gasteiger charge is 2.27. The van der Waals surface area contributed by atoms with Crippen molar-refractivity contribution in [1.29, 1.82) is 0 Å². The number of aromatic nitrogens is 1.